The fourth-order valence-electron chi connectivity index (χ4n) is 1.92. The number of nitrogens with two attached hydrogens (primary N) is 1. The van der Waals surface area contributed by atoms with Crippen LogP contribution in [0, 0.1) is 5.41 Å². The Balaban J connectivity index is 2.49. The number of nitrogens with zero attached hydrogens (tertiary/aromatic N) is 2. The van der Waals surface area contributed by atoms with Crippen molar-refractivity contribution < 1.29 is 0 Å². The van der Waals surface area contributed by atoms with Gasteiger partial charge in [-0.3, -0.25) is 5.41 Å². The van der Waals surface area contributed by atoms with Crippen LogP contribution in [0.25, 0.3) is 10.9 Å². The fraction of sp³-hybridized carbons (Fsp3) is 0.286. The lowest BCUT2D eigenvalue weighted by Gasteiger charge is -2.19. The van der Waals surface area contributed by atoms with E-state index < -0.39 is 0 Å². The molecule has 3 N–H and O–H groups in total. The maximum Gasteiger partial charge on any atom is 0.129 e. The zero-order valence-electron chi connectivity index (χ0n) is 11.2. The third-order valence-electron chi connectivity index (χ3n) is 3.01. The smallest absolute Gasteiger partial charge is 0.129 e. The third-order valence-corrected chi connectivity index (χ3v) is 3.61. The highest BCUT2D eigenvalue weighted by atomic mass is 32.2. The quantitative estimate of drug-likeness (QED) is 0.648. The Labute approximate surface area is 117 Å². The molecule has 5 heteroatoms. The second-order valence-electron chi connectivity index (χ2n) is 4.37. The van der Waals surface area contributed by atoms with Crippen molar-refractivity contribution in [2.75, 3.05) is 30.5 Å². The molecule has 2 rings (SSSR count). The van der Waals surface area contributed by atoms with Crippen LogP contribution in [0.5, 0.6) is 0 Å². The topological polar surface area (TPSA) is 66.0 Å². The van der Waals surface area contributed by atoms with Crippen LogP contribution < -0.4 is 10.6 Å². The number of rotatable bonds is 5. The van der Waals surface area contributed by atoms with E-state index >= 15 is 0 Å². The highest BCUT2D eigenvalue weighted by Crippen LogP contribution is 2.22. The first-order valence-electron chi connectivity index (χ1n) is 6.07. The summed E-state index contributed by atoms with van der Waals surface area (Å²) in [6, 6.07) is 9.68. The first kappa shape index (κ1) is 13.7. The zero-order chi connectivity index (χ0) is 13.8. The number of nitrogen functional groups attached to an aromatic ring is 1. The van der Waals surface area contributed by atoms with Crippen LogP contribution >= 0.6 is 11.8 Å². The molecule has 19 heavy (non-hydrogen) atoms. The summed E-state index contributed by atoms with van der Waals surface area (Å²) < 4.78 is 0. The number of aromatic nitrogens is 1. The van der Waals surface area contributed by atoms with Crippen molar-refractivity contribution in [2.45, 2.75) is 0 Å². The molecular weight excluding hydrogens is 256 g/mol. The first-order chi connectivity index (χ1) is 9.13. The van der Waals surface area contributed by atoms with Crippen LogP contribution in [0.2, 0.25) is 0 Å². The van der Waals surface area contributed by atoms with Crippen LogP contribution in [-0.4, -0.2) is 36.4 Å². The van der Waals surface area contributed by atoms with Gasteiger partial charge >= 0.3 is 0 Å². The van der Waals surface area contributed by atoms with Crippen molar-refractivity contribution in [1.82, 2.24) is 4.98 Å². The van der Waals surface area contributed by atoms with Crippen molar-refractivity contribution in [3.8, 4) is 0 Å². The van der Waals surface area contributed by atoms with Gasteiger partial charge in [0.2, 0.25) is 0 Å². The van der Waals surface area contributed by atoms with Gasteiger partial charge < -0.3 is 10.6 Å². The van der Waals surface area contributed by atoms with Crippen LogP contribution in [0.3, 0.4) is 0 Å². The number of hydrogen-bond donors (Lipinski definition) is 2. The van der Waals surface area contributed by atoms with E-state index in [9.17, 15) is 0 Å². The summed E-state index contributed by atoms with van der Waals surface area (Å²) in [7, 11) is 2.01. The molecule has 0 atom stereocenters. The minimum atomic E-state index is 0.0816. The van der Waals surface area contributed by atoms with Gasteiger partial charge in [-0.25, -0.2) is 4.98 Å². The molecule has 1 aromatic carbocycles. The Morgan fingerprint density at radius 1 is 1.42 bits per heavy atom. The van der Waals surface area contributed by atoms with Gasteiger partial charge in [0.25, 0.3) is 0 Å². The lowest BCUT2D eigenvalue weighted by molar-refractivity contribution is 0.953. The molecule has 100 valence electrons. The number of amidine groups is 1. The van der Waals surface area contributed by atoms with Gasteiger partial charge in [0.05, 0.1) is 5.52 Å². The molecule has 0 spiro atoms. The number of fused-ring (bicyclic) bond motifs is 1. The van der Waals surface area contributed by atoms with E-state index in [0.29, 0.717) is 0 Å². The van der Waals surface area contributed by atoms with Gasteiger partial charge in [-0.15, -0.1) is 0 Å². The minimum absolute atomic E-state index is 0.0816. The Morgan fingerprint density at radius 2 is 2.16 bits per heavy atom. The molecule has 0 aliphatic carbocycles. The Kier molecular flexibility index (Phi) is 4.27. The lowest BCUT2D eigenvalue weighted by atomic mass is 10.1. The summed E-state index contributed by atoms with van der Waals surface area (Å²) in [6.07, 6.45) is 2.09. The molecule has 0 aliphatic heterocycles. The molecule has 2 aromatic rings. The normalized spacial score (nSPS) is 10.6. The average molecular weight is 274 g/mol. The number of hydrogen-bond acceptors (Lipinski definition) is 4. The summed E-state index contributed by atoms with van der Waals surface area (Å²) in [4.78, 5) is 6.73. The van der Waals surface area contributed by atoms with E-state index in [0.717, 1.165) is 34.6 Å². The van der Waals surface area contributed by atoms with Crippen LogP contribution in [0.15, 0.2) is 30.3 Å². The van der Waals surface area contributed by atoms with Crippen LogP contribution in [-0.2, 0) is 0 Å². The SMILES string of the molecule is CSCCN(C)c1cc(C(=N)N)c2ccccc2n1. The molecule has 4 nitrogen and oxygen atoms in total. The maximum absolute atomic E-state index is 7.72. The molecule has 1 aromatic heterocycles. The number of nitrogens with one attached hydrogen (secondary N) is 1. The Hall–Kier alpha value is -1.75. The largest absolute Gasteiger partial charge is 0.384 e. The van der Waals surface area contributed by atoms with E-state index in [4.69, 9.17) is 11.1 Å². The Morgan fingerprint density at radius 3 is 2.84 bits per heavy atom. The second-order valence-corrected chi connectivity index (χ2v) is 5.36. The number of pyridine rings is 1. The van der Waals surface area contributed by atoms with Gasteiger partial charge in [0, 0.05) is 30.3 Å². The second kappa shape index (κ2) is 5.93. The average Bonchev–Trinajstić information content (AvgIpc) is 2.43. The highest BCUT2D eigenvalue weighted by molar-refractivity contribution is 7.98. The molecule has 0 amide bonds. The molecular formula is C14H18N4S. The van der Waals surface area contributed by atoms with E-state index in [2.05, 4.69) is 16.1 Å². The van der Waals surface area contributed by atoms with Crippen molar-refractivity contribution in [2.24, 2.45) is 5.73 Å². The summed E-state index contributed by atoms with van der Waals surface area (Å²) in [5.41, 5.74) is 7.30. The number of thioether (sulfide) groups is 1. The number of benzene rings is 1. The third kappa shape index (κ3) is 2.98. The Bertz CT molecular complexity index is 597. The van der Waals surface area contributed by atoms with Crippen LogP contribution in [0.4, 0.5) is 5.82 Å². The first-order valence-corrected chi connectivity index (χ1v) is 7.47. The minimum Gasteiger partial charge on any atom is -0.384 e. The summed E-state index contributed by atoms with van der Waals surface area (Å²) in [5.74, 6) is 1.98. The van der Waals surface area contributed by atoms with Gasteiger partial charge in [0.15, 0.2) is 0 Å². The molecule has 0 radical (unpaired) electrons. The predicted molar refractivity (Wildman–Crippen MR) is 84.4 cm³/mol. The van der Waals surface area contributed by atoms with E-state index in [1.165, 1.54) is 0 Å². The zero-order valence-corrected chi connectivity index (χ0v) is 12.0. The monoisotopic (exact) mass is 274 g/mol. The fourth-order valence-corrected chi connectivity index (χ4v) is 2.38. The lowest BCUT2D eigenvalue weighted by Crippen LogP contribution is -2.22. The standard InChI is InChI=1S/C14H18N4S/c1-18(7-8-19-2)13-9-11(14(15)16)10-5-3-4-6-12(10)17-13/h3-6,9H,7-8H2,1-2H3,(H3,15,16). The number of anilines is 1. The van der Waals surface area contributed by atoms with Crippen molar-refractivity contribution in [1.29, 1.82) is 5.41 Å². The molecule has 1 heterocycles. The summed E-state index contributed by atoms with van der Waals surface area (Å²) in [5, 5.41) is 8.65. The molecule has 0 saturated carbocycles. The van der Waals surface area contributed by atoms with Gasteiger partial charge in [-0.1, -0.05) is 18.2 Å². The molecule has 0 bridgehead atoms. The molecule has 0 saturated heterocycles. The van der Waals surface area contributed by atoms with E-state index in [-0.39, 0.29) is 5.84 Å². The van der Waals surface area contributed by atoms with Crippen LogP contribution in [0.1, 0.15) is 5.56 Å². The van der Waals surface area contributed by atoms with Crippen molar-refractivity contribution in [3.63, 3.8) is 0 Å². The molecule has 0 fully saturated rings. The van der Waals surface area contributed by atoms with Gasteiger partial charge in [-0.05, 0) is 18.4 Å². The highest BCUT2D eigenvalue weighted by Gasteiger charge is 2.10. The predicted octanol–water partition coefficient (Wildman–Crippen LogP) is 2.32. The maximum atomic E-state index is 7.72. The van der Waals surface area contributed by atoms with Gasteiger partial charge in [0.1, 0.15) is 11.7 Å². The molecule has 0 unspecified atom stereocenters. The van der Waals surface area contributed by atoms with Crippen molar-refractivity contribution >= 4 is 34.3 Å². The van der Waals surface area contributed by atoms with Crippen molar-refractivity contribution in [3.05, 3.63) is 35.9 Å². The van der Waals surface area contributed by atoms with Gasteiger partial charge in [-0.2, -0.15) is 11.8 Å². The van der Waals surface area contributed by atoms with E-state index in [1.807, 2.05) is 37.4 Å². The molecule has 0 aliphatic rings. The number of para-hydroxylation sites is 1. The van der Waals surface area contributed by atoms with E-state index in [1.54, 1.807) is 11.8 Å². The summed E-state index contributed by atoms with van der Waals surface area (Å²) in [6.45, 7) is 0.920. The summed E-state index contributed by atoms with van der Waals surface area (Å²) >= 11 is 1.80.